The van der Waals surface area contributed by atoms with Crippen molar-refractivity contribution in [2.75, 3.05) is 0 Å². The lowest BCUT2D eigenvalue weighted by Gasteiger charge is -2.07. The van der Waals surface area contributed by atoms with Gasteiger partial charge in [-0.2, -0.15) is 4.98 Å². The van der Waals surface area contributed by atoms with Crippen LogP contribution in [0.3, 0.4) is 0 Å². The van der Waals surface area contributed by atoms with Crippen LogP contribution in [0.15, 0.2) is 93.0 Å². The number of H-pyrrole nitrogens is 1. The molecule has 0 fully saturated rings. The van der Waals surface area contributed by atoms with Crippen molar-refractivity contribution in [1.29, 1.82) is 0 Å². The zero-order valence-electron chi connectivity index (χ0n) is 15.8. The second-order valence-electron chi connectivity index (χ2n) is 6.86. The molecule has 0 saturated carbocycles. The van der Waals surface area contributed by atoms with E-state index in [0.717, 1.165) is 11.1 Å². The Kier molecular flexibility index (Phi) is 4.33. The lowest BCUT2D eigenvalue weighted by Crippen LogP contribution is -2.35. The van der Waals surface area contributed by atoms with E-state index < -0.39 is 5.69 Å². The molecule has 5 aromatic rings. The smallest absolute Gasteiger partial charge is 0.329 e. The van der Waals surface area contributed by atoms with Crippen molar-refractivity contribution in [1.82, 2.24) is 19.7 Å². The Morgan fingerprint density at radius 3 is 2.37 bits per heavy atom. The summed E-state index contributed by atoms with van der Waals surface area (Å²) in [7, 11) is 0. The summed E-state index contributed by atoms with van der Waals surface area (Å²) in [6, 6.07) is 23.9. The number of benzene rings is 3. The molecule has 0 spiro atoms. The highest BCUT2D eigenvalue weighted by molar-refractivity contribution is 5.82. The summed E-state index contributed by atoms with van der Waals surface area (Å²) in [4.78, 5) is 32.6. The van der Waals surface area contributed by atoms with E-state index >= 15 is 0 Å². The van der Waals surface area contributed by atoms with Crippen molar-refractivity contribution in [2.24, 2.45) is 0 Å². The van der Waals surface area contributed by atoms with Crippen LogP contribution in [0, 0.1) is 0 Å². The van der Waals surface area contributed by atoms with Crippen molar-refractivity contribution >= 4 is 10.9 Å². The molecule has 30 heavy (non-hydrogen) atoms. The lowest BCUT2D eigenvalue weighted by atomic mass is 10.1. The Labute approximate surface area is 170 Å². The van der Waals surface area contributed by atoms with Gasteiger partial charge in [0.2, 0.25) is 5.82 Å². The first-order valence-electron chi connectivity index (χ1n) is 9.39. The van der Waals surface area contributed by atoms with E-state index in [0.29, 0.717) is 28.2 Å². The fourth-order valence-corrected chi connectivity index (χ4v) is 3.34. The van der Waals surface area contributed by atoms with Crippen LogP contribution in [-0.4, -0.2) is 19.7 Å². The molecule has 0 aliphatic carbocycles. The van der Waals surface area contributed by atoms with E-state index in [9.17, 15) is 9.59 Å². The van der Waals surface area contributed by atoms with Crippen LogP contribution < -0.4 is 11.2 Å². The molecule has 2 heterocycles. The summed E-state index contributed by atoms with van der Waals surface area (Å²) in [5.41, 5.74) is 1.94. The molecule has 0 saturated heterocycles. The first kappa shape index (κ1) is 17.8. The standard InChI is InChI=1S/C23H16N4O3/c28-22-18-12-11-17(21-25-20(26-30-21)16-9-5-2-6-10-16)13-19(18)24-23(29)27(22)14-15-7-3-1-4-8-15/h1-13H,14H2,(H,24,29). The molecule has 3 aromatic carbocycles. The summed E-state index contributed by atoms with van der Waals surface area (Å²) in [5.74, 6) is 0.780. The minimum atomic E-state index is -0.469. The van der Waals surface area contributed by atoms with Crippen LogP contribution >= 0.6 is 0 Å². The molecule has 0 aliphatic heterocycles. The summed E-state index contributed by atoms with van der Waals surface area (Å²) in [5, 5.41) is 4.43. The number of fused-ring (bicyclic) bond motifs is 1. The molecular weight excluding hydrogens is 380 g/mol. The molecule has 146 valence electrons. The number of rotatable bonds is 4. The highest BCUT2D eigenvalue weighted by Crippen LogP contribution is 2.23. The molecule has 2 aromatic heterocycles. The van der Waals surface area contributed by atoms with Gasteiger partial charge in [-0.1, -0.05) is 65.8 Å². The summed E-state index contributed by atoms with van der Waals surface area (Å²) >= 11 is 0. The highest BCUT2D eigenvalue weighted by Gasteiger charge is 2.13. The van der Waals surface area contributed by atoms with E-state index in [1.165, 1.54) is 4.57 Å². The third kappa shape index (κ3) is 3.22. The van der Waals surface area contributed by atoms with Gasteiger partial charge >= 0.3 is 5.69 Å². The lowest BCUT2D eigenvalue weighted by molar-refractivity contribution is 0.432. The Morgan fingerprint density at radius 2 is 1.60 bits per heavy atom. The zero-order valence-corrected chi connectivity index (χ0v) is 15.8. The molecule has 7 nitrogen and oxygen atoms in total. The van der Waals surface area contributed by atoms with Crippen LogP contribution in [-0.2, 0) is 6.54 Å². The van der Waals surface area contributed by atoms with E-state index in [2.05, 4.69) is 15.1 Å². The predicted molar refractivity (Wildman–Crippen MR) is 113 cm³/mol. The first-order chi connectivity index (χ1) is 14.7. The van der Waals surface area contributed by atoms with Gasteiger partial charge in [0.15, 0.2) is 0 Å². The predicted octanol–water partition coefficient (Wildman–Crippen LogP) is 3.46. The fraction of sp³-hybridized carbons (Fsp3) is 0.0435. The molecule has 0 aliphatic rings. The summed E-state index contributed by atoms with van der Waals surface area (Å²) in [6.45, 7) is 0.205. The van der Waals surface area contributed by atoms with Crippen molar-refractivity contribution in [3.8, 4) is 22.8 Å². The van der Waals surface area contributed by atoms with E-state index in [4.69, 9.17) is 4.52 Å². The fourth-order valence-electron chi connectivity index (χ4n) is 3.34. The molecule has 0 bridgehead atoms. The second kappa shape index (κ2) is 7.29. The largest absolute Gasteiger partial charge is 0.334 e. The molecule has 1 N–H and O–H groups in total. The SMILES string of the molecule is O=c1[nH]c2cc(-c3nc(-c4ccccc4)no3)ccc2c(=O)n1Cc1ccccc1. The van der Waals surface area contributed by atoms with Gasteiger partial charge in [0.1, 0.15) is 0 Å². The third-order valence-electron chi connectivity index (χ3n) is 4.87. The van der Waals surface area contributed by atoms with Crippen LogP contribution in [0.25, 0.3) is 33.7 Å². The van der Waals surface area contributed by atoms with E-state index in [1.54, 1.807) is 18.2 Å². The Bertz CT molecular complexity index is 1450. The zero-order chi connectivity index (χ0) is 20.5. The molecule has 0 atom stereocenters. The number of nitrogens with one attached hydrogen (secondary N) is 1. The number of aromatic nitrogens is 4. The van der Waals surface area contributed by atoms with Gasteiger partial charge in [-0.15, -0.1) is 0 Å². The molecule has 7 heteroatoms. The molecular formula is C23H16N4O3. The average molecular weight is 396 g/mol. The number of nitrogens with zero attached hydrogens (tertiary/aromatic N) is 3. The van der Waals surface area contributed by atoms with Crippen molar-refractivity contribution in [3.05, 3.63) is 105 Å². The quantitative estimate of drug-likeness (QED) is 0.502. The van der Waals surface area contributed by atoms with Gasteiger partial charge in [-0.3, -0.25) is 9.36 Å². The van der Waals surface area contributed by atoms with Gasteiger partial charge in [-0.05, 0) is 23.8 Å². The monoisotopic (exact) mass is 396 g/mol. The van der Waals surface area contributed by atoms with Gasteiger partial charge in [0, 0.05) is 11.1 Å². The maximum atomic E-state index is 12.9. The van der Waals surface area contributed by atoms with E-state index in [1.807, 2.05) is 60.7 Å². The van der Waals surface area contributed by atoms with Crippen LogP contribution in [0.5, 0.6) is 0 Å². The first-order valence-corrected chi connectivity index (χ1v) is 9.39. The molecule has 0 amide bonds. The number of hydrogen-bond donors (Lipinski definition) is 1. The van der Waals surface area contributed by atoms with Gasteiger partial charge in [0.25, 0.3) is 11.4 Å². The molecule has 0 radical (unpaired) electrons. The van der Waals surface area contributed by atoms with Crippen molar-refractivity contribution < 1.29 is 4.52 Å². The molecule has 5 rings (SSSR count). The molecule has 0 unspecified atom stereocenters. The van der Waals surface area contributed by atoms with Gasteiger partial charge in [-0.25, -0.2) is 4.79 Å². The van der Waals surface area contributed by atoms with E-state index in [-0.39, 0.29) is 12.1 Å². The Morgan fingerprint density at radius 1 is 0.867 bits per heavy atom. The van der Waals surface area contributed by atoms with Gasteiger partial charge in [0.05, 0.1) is 17.4 Å². The topological polar surface area (TPSA) is 93.8 Å². The van der Waals surface area contributed by atoms with Crippen LogP contribution in [0.1, 0.15) is 5.56 Å². The normalized spacial score (nSPS) is 11.1. The number of aromatic amines is 1. The van der Waals surface area contributed by atoms with Crippen molar-refractivity contribution in [2.45, 2.75) is 6.54 Å². The van der Waals surface area contributed by atoms with Crippen LogP contribution in [0.4, 0.5) is 0 Å². The minimum absolute atomic E-state index is 0.205. The third-order valence-corrected chi connectivity index (χ3v) is 4.87. The second-order valence-corrected chi connectivity index (χ2v) is 6.86. The van der Waals surface area contributed by atoms with Crippen molar-refractivity contribution in [3.63, 3.8) is 0 Å². The maximum Gasteiger partial charge on any atom is 0.329 e. The van der Waals surface area contributed by atoms with Crippen LogP contribution in [0.2, 0.25) is 0 Å². The Balaban J connectivity index is 1.54. The maximum absolute atomic E-state index is 12.9. The average Bonchev–Trinajstić information content (AvgIpc) is 3.28. The minimum Gasteiger partial charge on any atom is -0.334 e. The summed E-state index contributed by atoms with van der Waals surface area (Å²) in [6.07, 6.45) is 0. The highest BCUT2D eigenvalue weighted by atomic mass is 16.5. The van der Waals surface area contributed by atoms with Gasteiger partial charge < -0.3 is 9.51 Å². The number of hydrogen-bond acceptors (Lipinski definition) is 5. The summed E-state index contributed by atoms with van der Waals surface area (Å²) < 4.78 is 6.57. The Hall–Kier alpha value is -4.26.